The predicted octanol–water partition coefficient (Wildman–Crippen LogP) is 3.05. The third-order valence-corrected chi connectivity index (χ3v) is 3.90. The minimum Gasteiger partial charge on any atom is -0.219 e. The molecule has 96 valence electrons. The average molecular weight is 266 g/mol. The van der Waals surface area contributed by atoms with Gasteiger partial charge in [-0.2, -0.15) is 13.2 Å². The van der Waals surface area contributed by atoms with Crippen molar-refractivity contribution in [2.45, 2.75) is 32.0 Å². The lowest BCUT2D eigenvalue weighted by Crippen LogP contribution is -2.25. The van der Waals surface area contributed by atoms with Gasteiger partial charge in [0, 0.05) is 0 Å². The Morgan fingerprint density at radius 2 is 1.47 bits per heavy atom. The summed E-state index contributed by atoms with van der Waals surface area (Å²) >= 11 is 0. The molecule has 0 saturated heterocycles. The van der Waals surface area contributed by atoms with Gasteiger partial charge in [0.15, 0.2) is 0 Å². The maximum Gasteiger partial charge on any atom is 0.497 e. The van der Waals surface area contributed by atoms with Crippen molar-refractivity contribution in [1.82, 2.24) is 0 Å². The van der Waals surface area contributed by atoms with Crippen LogP contribution in [0.1, 0.15) is 22.3 Å². The van der Waals surface area contributed by atoms with Crippen molar-refractivity contribution in [2.75, 3.05) is 0 Å². The molecule has 0 unspecified atom stereocenters. The second-order valence-electron chi connectivity index (χ2n) is 4.08. The maximum absolute atomic E-state index is 12.3. The zero-order chi connectivity index (χ0) is 13.4. The van der Waals surface area contributed by atoms with Crippen LogP contribution in [0.25, 0.3) is 0 Å². The van der Waals surface area contributed by atoms with Gasteiger partial charge in [-0.1, -0.05) is 17.7 Å². The summed E-state index contributed by atoms with van der Waals surface area (Å²) in [6.45, 7) is 5.03. The van der Waals surface area contributed by atoms with Crippen LogP contribution in [0.3, 0.4) is 0 Å². The van der Waals surface area contributed by atoms with E-state index in [1.54, 1.807) is 26.0 Å². The third-order valence-electron chi connectivity index (χ3n) is 2.53. The molecular weight excluding hydrogens is 253 g/mol. The van der Waals surface area contributed by atoms with Crippen LogP contribution in [-0.2, 0) is 15.6 Å². The lowest BCUT2D eigenvalue weighted by atomic mass is 10.0. The van der Waals surface area contributed by atoms with Crippen LogP contribution < -0.4 is 0 Å². The number of hydrogen-bond acceptors (Lipinski definition) is 2. The van der Waals surface area contributed by atoms with Gasteiger partial charge in [-0.25, -0.2) is 8.42 Å². The van der Waals surface area contributed by atoms with Gasteiger partial charge in [-0.3, -0.25) is 0 Å². The Labute approximate surface area is 98.4 Å². The molecule has 1 aromatic carbocycles. The van der Waals surface area contributed by atoms with Crippen LogP contribution in [0.5, 0.6) is 0 Å². The standard InChI is InChI=1S/C11H13F3O2S/c1-7-4-8(2)10(9(3)5-7)6-17(15,16)11(12,13)14/h4-5H,6H2,1-3H3. The minimum absolute atomic E-state index is 0.230. The lowest BCUT2D eigenvalue weighted by Gasteiger charge is -2.13. The van der Waals surface area contributed by atoms with Gasteiger partial charge in [0.05, 0.1) is 5.75 Å². The van der Waals surface area contributed by atoms with Crippen molar-refractivity contribution >= 4 is 9.84 Å². The SMILES string of the molecule is Cc1cc(C)c(CS(=O)(=O)C(F)(F)F)c(C)c1. The van der Waals surface area contributed by atoms with Gasteiger partial charge in [0.25, 0.3) is 9.84 Å². The molecule has 0 aliphatic heterocycles. The Kier molecular flexibility index (Phi) is 3.57. The molecule has 1 rings (SSSR count). The zero-order valence-corrected chi connectivity index (χ0v) is 10.5. The van der Waals surface area contributed by atoms with Crippen LogP contribution in [0.4, 0.5) is 13.2 Å². The fraction of sp³-hybridized carbons (Fsp3) is 0.455. The van der Waals surface area contributed by atoms with Crippen LogP contribution >= 0.6 is 0 Å². The normalized spacial score (nSPS) is 12.8. The number of hydrogen-bond donors (Lipinski definition) is 0. The topological polar surface area (TPSA) is 34.1 Å². The fourth-order valence-electron chi connectivity index (χ4n) is 1.71. The first-order valence-electron chi connectivity index (χ1n) is 4.90. The Bertz CT molecular complexity index is 507. The number of alkyl halides is 3. The highest BCUT2D eigenvalue weighted by molar-refractivity contribution is 7.91. The highest BCUT2D eigenvalue weighted by Gasteiger charge is 2.45. The lowest BCUT2D eigenvalue weighted by molar-refractivity contribution is -0.0437. The molecule has 0 aromatic heterocycles. The Hall–Kier alpha value is -1.04. The molecule has 0 heterocycles. The zero-order valence-electron chi connectivity index (χ0n) is 9.72. The summed E-state index contributed by atoms with van der Waals surface area (Å²) in [7, 11) is -5.11. The van der Waals surface area contributed by atoms with Crippen molar-refractivity contribution in [3.8, 4) is 0 Å². The molecule has 0 N–H and O–H groups in total. The maximum atomic E-state index is 12.3. The van der Waals surface area contributed by atoms with Crippen molar-refractivity contribution in [2.24, 2.45) is 0 Å². The van der Waals surface area contributed by atoms with Crippen molar-refractivity contribution in [3.05, 3.63) is 34.4 Å². The summed E-state index contributed by atoms with van der Waals surface area (Å²) in [6, 6.07) is 3.35. The Morgan fingerprint density at radius 1 is 1.06 bits per heavy atom. The highest BCUT2D eigenvalue weighted by atomic mass is 32.2. The molecule has 0 fully saturated rings. The Balaban J connectivity index is 3.22. The molecule has 0 radical (unpaired) electrons. The number of benzene rings is 1. The van der Waals surface area contributed by atoms with E-state index in [2.05, 4.69) is 0 Å². The quantitative estimate of drug-likeness (QED) is 0.824. The smallest absolute Gasteiger partial charge is 0.219 e. The largest absolute Gasteiger partial charge is 0.497 e. The van der Waals surface area contributed by atoms with E-state index >= 15 is 0 Å². The van der Waals surface area contributed by atoms with Crippen LogP contribution in [0.15, 0.2) is 12.1 Å². The van der Waals surface area contributed by atoms with Gasteiger partial charge in [-0.15, -0.1) is 0 Å². The van der Waals surface area contributed by atoms with Crippen molar-refractivity contribution in [3.63, 3.8) is 0 Å². The number of halogens is 3. The number of rotatable bonds is 2. The monoisotopic (exact) mass is 266 g/mol. The Morgan fingerprint density at radius 3 is 1.82 bits per heavy atom. The van der Waals surface area contributed by atoms with E-state index in [9.17, 15) is 21.6 Å². The third kappa shape index (κ3) is 3.00. The first-order chi connectivity index (χ1) is 7.54. The predicted molar refractivity (Wildman–Crippen MR) is 59.3 cm³/mol. The van der Waals surface area contributed by atoms with E-state index in [4.69, 9.17) is 0 Å². The van der Waals surface area contributed by atoms with Crippen molar-refractivity contribution in [1.29, 1.82) is 0 Å². The van der Waals surface area contributed by atoms with E-state index in [0.29, 0.717) is 11.1 Å². The number of sulfone groups is 1. The summed E-state index contributed by atoms with van der Waals surface area (Å²) in [6.07, 6.45) is 0. The van der Waals surface area contributed by atoms with Crippen LogP contribution in [-0.4, -0.2) is 13.9 Å². The molecule has 0 atom stereocenters. The molecule has 17 heavy (non-hydrogen) atoms. The van der Waals surface area contributed by atoms with E-state index in [-0.39, 0.29) is 5.56 Å². The molecule has 2 nitrogen and oxygen atoms in total. The van der Waals surface area contributed by atoms with Gasteiger partial charge in [0.1, 0.15) is 0 Å². The molecule has 0 spiro atoms. The average Bonchev–Trinajstić information content (AvgIpc) is 2.09. The molecule has 6 heteroatoms. The van der Waals surface area contributed by atoms with Gasteiger partial charge < -0.3 is 0 Å². The highest BCUT2D eigenvalue weighted by Crippen LogP contribution is 2.29. The molecule has 0 aliphatic carbocycles. The van der Waals surface area contributed by atoms with E-state index in [0.717, 1.165) is 5.56 Å². The van der Waals surface area contributed by atoms with E-state index in [1.165, 1.54) is 0 Å². The first-order valence-corrected chi connectivity index (χ1v) is 6.55. The molecule has 0 aliphatic rings. The first kappa shape index (κ1) is 14.0. The van der Waals surface area contributed by atoms with Crippen molar-refractivity contribution < 1.29 is 21.6 Å². The summed E-state index contributed by atoms with van der Waals surface area (Å²) in [4.78, 5) is 0. The minimum atomic E-state index is -5.20. The fourth-order valence-corrected chi connectivity index (χ4v) is 2.71. The van der Waals surface area contributed by atoms with Gasteiger partial charge in [-0.05, 0) is 37.5 Å². The number of aryl methyl sites for hydroxylation is 3. The summed E-state index contributed by atoms with van der Waals surface area (Å²) < 4.78 is 59.0. The molecule has 1 aromatic rings. The second kappa shape index (κ2) is 4.33. The summed E-state index contributed by atoms with van der Waals surface area (Å²) in [5.74, 6) is -0.992. The summed E-state index contributed by atoms with van der Waals surface area (Å²) in [5.41, 5.74) is -2.94. The molecule has 0 amide bonds. The molecular formula is C11H13F3O2S. The van der Waals surface area contributed by atoms with E-state index < -0.39 is 21.1 Å². The summed E-state index contributed by atoms with van der Waals surface area (Å²) in [5, 5.41) is 0. The second-order valence-corrected chi connectivity index (χ2v) is 6.06. The van der Waals surface area contributed by atoms with Gasteiger partial charge >= 0.3 is 5.51 Å². The molecule has 0 bridgehead atoms. The van der Waals surface area contributed by atoms with Crippen LogP contribution in [0.2, 0.25) is 0 Å². The van der Waals surface area contributed by atoms with Crippen LogP contribution in [0, 0.1) is 20.8 Å². The molecule has 0 saturated carbocycles. The van der Waals surface area contributed by atoms with Gasteiger partial charge in [0.2, 0.25) is 0 Å². The van der Waals surface area contributed by atoms with E-state index in [1.807, 2.05) is 6.92 Å².